The lowest BCUT2D eigenvalue weighted by Crippen LogP contribution is -2.38. The maximum Gasteiger partial charge on any atom is 0.490 e. The van der Waals surface area contributed by atoms with Gasteiger partial charge in [0.05, 0.1) is 16.8 Å². The first-order valence-electron chi connectivity index (χ1n) is 12.8. The molecule has 14 heteroatoms. The summed E-state index contributed by atoms with van der Waals surface area (Å²) < 4.78 is 57.8. The molecule has 0 radical (unpaired) electrons. The number of carbonyl (C=O) groups excluding carboxylic acids is 1. The number of carboxylic acids is 1. The number of carboxylic acid groups (broad SMARTS) is 1. The number of fused-ring (bicyclic) bond motifs is 1. The number of hydrogen-bond donors (Lipinski definition) is 4. The van der Waals surface area contributed by atoms with E-state index in [1.54, 1.807) is 22.6 Å². The van der Waals surface area contributed by atoms with E-state index >= 15 is 0 Å². The molecule has 5 rings (SSSR count). The topological polar surface area (TPSA) is 146 Å². The predicted octanol–water partition coefficient (Wildman–Crippen LogP) is 4.41. The maximum atomic E-state index is 12.3. The normalized spacial score (nSPS) is 17.0. The summed E-state index contributed by atoms with van der Waals surface area (Å²) in [5.74, 6) is -2.84. The number of sulfonamides is 1. The van der Waals surface area contributed by atoms with Crippen molar-refractivity contribution in [3.05, 3.63) is 45.8 Å². The van der Waals surface area contributed by atoms with E-state index in [-0.39, 0.29) is 11.7 Å². The number of alkyl halides is 3. The lowest BCUT2D eigenvalue weighted by atomic mass is 9.88. The van der Waals surface area contributed by atoms with E-state index in [0.29, 0.717) is 24.7 Å². The first-order valence-corrected chi connectivity index (χ1v) is 15.3. The van der Waals surface area contributed by atoms with Crippen molar-refractivity contribution >= 4 is 44.1 Å². The lowest BCUT2D eigenvalue weighted by molar-refractivity contribution is -0.192. The molecule has 1 saturated carbocycles. The van der Waals surface area contributed by atoms with Gasteiger partial charge in [-0.1, -0.05) is 0 Å². The predicted molar refractivity (Wildman–Crippen MR) is 147 cm³/mol. The number of nitrogens with zero attached hydrogens (tertiary/aromatic N) is 1. The minimum atomic E-state index is -5.08. The van der Waals surface area contributed by atoms with Crippen LogP contribution in [-0.4, -0.2) is 65.8 Å². The SMILES string of the molecule is CCS(=O)(=O)N1CCC(c2c[nH]c3c(C(N)=O)cc(-c4csc(CNC5CC5)c4)cc23)CC1.O=C(O)C(F)(F)F. The first-order chi connectivity index (χ1) is 18.8. The molecule has 2 fully saturated rings. The molecule has 1 aliphatic carbocycles. The summed E-state index contributed by atoms with van der Waals surface area (Å²) in [6.45, 7) is 3.61. The number of thiophene rings is 1. The molecule has 9 nitrogen and oxygen atoms in total. The summed E-state index contributed by atoms with van der Waals surface area (Å²) in [6, 6.07) is 6.87. The molecule has 3 heterocycles. The van der Waals surface area contributed by atoms with Crippen LogP contribution in [0.1, 0.15) is 59.3 Å². The van der Waals surface area contributed by atoms with Crippen molar-refractivity contribution in [3.8, 4) is 11.1 Å². The second-order valence-electron chi connectivity index (χ2n) is 9.89. The number of hydrogen-bond acceptors (Lipinski definition) is 6. The molecule has 5 N–H and O–H groups in total. The standard InChI is InChI=1S/C24H30N4O3S2.C2HF3O2/c1-2-33(30,31)28-7-5-15(6-8-28)22-13-27-23-20(22)10-16(11-21(23)24(25)29)17-9-19(32-14-17)12-26-18-3-4-18;3-2(4,5)1(6)7/h9-11,13-15,18,26-27H,2-8,12H2,1H3,(H2,25,29);(H,6,7). The monoisotopic (exact) mass is 600 g/mol. The van der Waals surface area contributed by atoms with Gasteiger partial charge in [-0.2, -0.15) is 13.2 Å². The number of nitrogens with one attached hydrogen (secondary N) is 2. The van der Waals surface area contributed by atoms with Gasteiger partial charge >= 0.3 is 12.1 Å². The Morgan fingerprint density at radius 1 is 1.15 bits per heavy atom. The van der Waals surface area contributed by atoms with Gasteiger partial charge in [0.1, 0.15) is 0 Å². The number of rotatable bonds is 8. The smallest absolute Gasteiger partial charge is 0.475 e. The highest BCUT2D eigenvalue weighted by molar-refractivity contribution is 7.89. The van der Waals surface area contributed by atoms with E-state index in [9.17, 15) is 26.4 Å². The van der Waals surface area contributed by atoms with E-state index in [4.69, 9.17) is 15.6 Å². The minimum Gasteiger partial charge on any atom is -0.475 e. The van der Waals surface area contributed by atoms with Gasteiger partial charge in [0.25, 0.3) is 5.91 Å². The Kier molecular flexibility index (Phi) is 8.93. The maximum absolute atomic E-state index is 12.3. The highest BCUT2D eigenvalue weighted by atomic mass is 32.2. The summed E-state index contributed by atoms with van der Waals surface area (Å²) in [4.78, 5) is 25.7. The number of benzene rings is 1. The van der Waals surface area contributed by atoms with Crippen LogP contribution in [0, 0.1) is 0 Å². The highest BCUT2D eigenvalue weighted by Crippen LogP contribution is 2.38. The Bertz CT molecular complexity index is 1490. The van der Waals surface area contributed by atoms with Gasteiger partial charge in [-0.3, -0.25) is 4.79 Å². The van der Waals surface area contributed by atoms with Crippen LogP contribution < -0.4 is 11.1 Å². The van der Waals surface area contributed by atoms with E-state index in [1.165, 1.54) is 17.7 Å². The molecule has 218 valence electrons. The molecule has 0 spiro atoms. The van der Waals surface area contributed by atoms with Gasteiger partial charge in [-0.15, -0.1) is 11.3 Å². The van der Waals surface area contributed by atoms with E-state index in [1.807, 2.05) is 12.3 Å². The van der Waals surface area contributed by atoms with Gasteiger partial charge in [0, 0.05) is 42.1 Å². The van der Waals surface area contributed by atoms with Crippen molar-refractivity contribution in [2.45, 2.75) is 57.3 Å². The molecule has 3 aromatic rings. The van der Waals surface area contributed by atoms with Crippen LogP contribution in [0.2, 0.25) is 0 Å². The number of nitrogens with two attached hydrogens (primary N) is 1. The second-order valence-corrected chi connectivity index (χ2v) is 13.1. The van der Waals surface area contributed by atoms with Crippen molar-refractivity contribution in [1.82, 2.24) is 14.6 Å². The zero-order valence-electron chi connectivity index (χ0n) is 21.8. The van der Waals surface area contributed by atoms with Crippen molar-refractivity contribution in [2.24, 2.45) is 5.73 Å². The third-order valence-corrected chi connectivity index (χ3v) is 9.93. The number of aliphatic carboxylic acids is 1. The van der Waals surface area contributed by atoms with Crippen LogP contribution in [0.4, 0.5) is 13.2 Å². The fraction of sp³-hybridized carbons (Fsp3) is 0.462. The number of H-pyrrole nitrogens is 1. The summed E-state index contributed by atoms with van der Waals surface area (Å²) in [7, 11) is -3.16. The zero-order valence-corrected chi connectivity index (χ0v) is 23.4. The van der Waals surface area contributed by atoms with Gasteiger partial charge in [0.15, 0.2) is 0 Å². The molecule has 0 bridgehead atoms. The Balaban J connectivity index is 0.000000470. The Hall–Kier alpha value is -2.94. The average molecular weight is 601 g/mol. The van der Waals surface area contributed by atoms with Crippen molar-refractivity contribution in [1.29, 1.82) is 0 Å². The van der Waals surface area contributed by atoms with Crippen LogP contribution in [0.3, 0.4) is 0 Å². The largest absolute Gasteiger partial charge is 0.490 e. The van der Waals surface area contributed by atoms with E-state index < -0.39 is 28.1 Å². The molecular weight excluding hydrogens is 569 g/mol. The molecular formula is C26H31F3N4O5S2. The number of carbonyl (C=O) groups is 2. The molecule has 1 aliphatic heterocycles. The molecule has 2 aromatic heterocycles. The molecule has 1 amide bonds. The fourth-order valence-electron chi connectivity index (χ4n) is 4.74. The van der Waals surface area contributed by atoms with Crippen molar-refractivity contribution in [3.63, 3.8) is 0 Å². The molecule has 1 saturated heterocycles. The first kappa shape index (κ1) is 30.0. The summed E-state index contributed by atoms with van der Waals surface area (Å²) in [5, 5.41) is 13.8. The Morgan fingerprint density at radius 3 is 2.35 bits per heavy atom. The van der Waals surface area contributed by atoms with Crippen LogP contribution in [0.25, 0.3) is 22.0 Å². The number of aromatic amines is 1. The number of halogens is 3. The Labute approximate surface area is 233 Å². The molecule has 2 aliphatic rings. The second kappa shape index (κ2) is 11.9. The van der Waals surface area contributed by atoms with Gasteiger partial charge < -0.3 is 21.1 Å². The van der Waals surface area contributed by atoms with Crippen molar-refractivity contribution < 1.29 is 36.3 Å². The fourth-order valence-corrected chi connectivity index (χ4v) is 6.71. The number of piperidine rings is 1. The molecule has 0 atom stereocenters. The third-order valence-electron chi connectivity index (χ3n) is 7.11. The lowest BCUT2D eigenvalue weighted by Gasteiger charge is -2.31. The Morgan fingerprint density at radius 2 is 1.80 bits per heavy atom. The number of aromatic nitrogens is 1. The third kappa shape index (κ3) is 7.03. The van der Waals surface area contributed by atoms with Gasteiger partial charge in [0.2, 0.25) is 10.0 Å². The van der Waals surface area contributed by atoms with Gasteiger partial charge in [-0.05, 0) is 78.8 Å². The summed E-state index contributed by atoms with van der Waals surface area (Å²) >= 11 is 1.72. The average Bonchev–Trinajstić information content (AvgIpc) is 3.45. The van der Waals surface area contributed by atoms with E-state index in [0.717, 1.165) is 47.0 Å². The molecule has 40 heavy (non-hydrogen) atoms. The molecule has 1 aromatic carbocycles. The van der Waals surface area contributed by atoms with Crippen LogP contribution in [0.15, 0.2) is 29.8 Å². The van der Waals surface area contributed by atoms with Gasteiger partial charge in [-0.25, -0.2) is 17.5 Å². The van der Waals surface area contributed by atoms with E-state index in [2.05, 4.69) is 27.8 Å². The minimum absolute atomic E-state index is 0.134. The van der Waals surface area contributed by atoms with Crippen LogP contribution in [-0.2, 0) is 21.4 Å². The van der Waals surface area contributed by atoms with Crippen LogP contribution >= 0.6 is 11.3 Å². The zero-order chi connectivity index (χ0) is 29.2. The summed E-state index contributed by atoms with van der Waals surface area (Å²) in [5.41, 5.74) is 10.2. The van der Waals surface area contributed by atoms with Crippen LogP contribution in [0.5, 0.6) is 0 Å². The summed E-state index contributed by atoms with van der Waals surface area (Å²) in [6.07, 6.45) is 0.927. The van der Waals surface area contributed by atoms with Crippen molar-refractivity contribution in [2.75, 3.05) is 18.8 Å². The quantitative estimate of drug-likeness (QED) is 0.301. The molecule has 0 unspecified atom stereocenters. The highest BCUT2D eigenvalue weighted by Gasteiger charge is 2.38. The number of primary amides is 1. The number of amides is 1.